The number of halogens is 2. The molecule has 1 saturated heterocycles. The van der Waals surface area contributed by atoms with E-state index in [0.717, 1.165) is 18.7 Å². The minimum absolute atomic E-state index is 0. The summed E-state index contributed by atoms with van der Waals surface area (Å²) in [4.78, 5) is 27.5. The van der Waals surface area contributed by atoms with Gasteiger partial charge in [0.25, 0.3) is 0 Å². The fourth-order valence-corrected chi connectivity index (χ4v) is 2.45. The molecule has 0 unspecified atom stereocenters. The van der Waals surface area contributed by atoms with Gasteiger partial charge in [-0.3, -0.25) is 9.59 Å². The molecule has 0 aliphatic carbocycles. The number of benzene rings is 1. The van der Waals surface area contributed by atoms with Gasteiger partial charge in [0, 0.05) is 38.2 Å². The lowest BCUT2D eigenvalue weighted by Gasteiger charge is -2.29. The van der Waals surface area contributed by atoms with Gasteiger partial charge < -0.3 is 15.1 Å². The largest absolute Gasteiger partial charge is 0.339 e. The summed E-state index contributed by atoms with van der Waals surface area (Å²) < 4.78 is 0. The second kappa shape index (κ2) is 8.98. The molecule has 2 amide bonds. The fourth-order valence-electron chi connectivity index (χ4n) is 2.24. The second-order valence-electron chi connectivity index (χ2n) is 5.15. The van der Waals surface area contributed by atoms with Crippen LogP contribution in [-0.2, 0) is 16.0 Å². The van der Waals surface area contributed by atoms with Crippen LogP contribution in [0.1, 0.15) is 5.56 Å². The van der Waals surface area contributed by atoms with Gasteiger partial charge in [0.1, 0.15) is 0 Å². The minimum atomic E-state index is -0.105. The maximum absolute atomic E-state index is 12.2. The Morgan fingerprint density at radius 3 is 2.55 bits per heavy atom. The Kier molecular flexibility index (Phi) is 7.65. The predicted octanol–water partition coefficient (Wildman–Crippen LogP) is 1.19. The van der Waals surface area contributed by atoms with Gasteiger partial charge in [0.05, 0.1) is 13.0 Å². The number of hydrogen-bond acceptors (Lipinski definition) is 3. The molecule has 22 heavy (non-hydrogen) atoms. The van der Waals surface area contributed by atoms with Crippen LogP contribution < -0.4 is 5.32 Å². The van der Waals surface area contributed by atoms with Gasteiger partial charge in [-0.2, -0.15) is 0 Å². The molecule has 122 valence electrons. The molecule has 0 spiro atoms. The summed E-state index contributed by atoms with van der Waals surface area (Å²) >= 11 is 6.05. The summed E-state index contributed by atoms with van der Waals surface area (Å²) in [6.07, 6.45) is 0.213. The molecule has 1 heterocycles. The van der Waals surface area contributed by atoms with Gasteiger partial charge in [0.2, 0.25) is 11.8 Å². The first-order valence-electron chi connectivity index (χ1n) is 7.04. The minimum Gasteiger partial charge on any atom is -0.339 e. The van der Waals surface area contributed by atoms with E-state index in [9.17, 15) is 9.59 Å². The average molecular weight is 346 g/mol. The van der Waals surface area contributed by atoms with Crippen LogP contribution in [0.15, 0.2) is 24.3 Å². The van der Waals surface area contributed by atoms with E-state index in [1.54, 1.807) is 18.0 Å². The van der Waals surface area contributed by atoms with Crippen LogP contribution >= 0.6 is 24.0 Å². The normalized spacial score (nSPS) is 14.2. The molecule has 0 radical (unpaired) electrons. The van der Waals surface area contributed by atoms with Crippen molar-refractivity contribution in [1.29, 1.82) is 0 Å². The van der Waals surface area contributed by atoms with E-state index in [-0.39, 0.29) is 37.2 Å². The third-order valence-corrected chi connectivity index (χ3v) is 3.94. The number of piperazine rings is 1. The third-order valence-electron chi connectivity index (χ3n) is 3.57. The van der Waals surface area contributed by atoms with Gasteiger partial charge in [-0.1, -0.05) is 29.8 Å². The van der Waals surface area contributed by atoms with Gasteiger partial charge in [-0.25, -0.2) is 0 Å². The number of carbonyl (C=O) groups excluding carboxylic acids is 2. The molecular formula is C15H21Cl2N3O2. The van der Waals surface area contributed by atoms with Crippen LogP contribution in [0.2, 0.25) is 5.02 Å². The Balaban J connectivity index is 0.00000242. The van der Waals surface area contributed by atoms with Crippen molar-refractivity contribution in [2.45, 2.75) is 6.42 Å². The summed E-state index contributed by atoms with van der Waals surface area (Å²) in [7, 11) is 1.65. The third kappa shape index (κ3) is 5.16. The molecule has 0 aromatic heterocycles. The highest BCUT2D eigenvalue weighted by atomic mass is 35.5. The summed E-state index contributed by atoms with van der Waals surface area (Å²) in [5.41, 5.74) is 0.783. The van der Waals surface area contributed by atoms with Crippen LogP contribution in [0, 0.1) is 0 Å². The number of hydrogen-bond donors (Lipinski definition) is 1. The summed E-state index contributed by atoms with van der Waals surface area (Å²) in [6.45, 7) is 3.13. The lowest BCUT2D eigenvalue weighted by Crippen LogP contribution is -2.49. The zero-order valence-electron chi connectivity index (χ0n) is 12.5. The Morgan fingerprint density at radius 1 is 1.27 bits per heavy atom. The standard InChI is InChI=1S/C15H20ClN3O2.ClH/c1-18(11-15(21)19-8-6-17-7-9-19)14(20)10-12-4-2-3-5-13(12)16;/h2-5,17H,6-11H2,1H3;1H. The topological polar surface area (TPSA) is 52.7 Å². The molecule has 1 N–H and O–H groups in total. The number of rotatable bonds is 4. The maximum Gasteiger partial charge on any atom is 0.242 e. The van der Waals surface area contributed by atoms with E-state index in [4.69, 9.17) is 11.6 Å². The lowest BCUT2D eigenvalue weighted by molar-refractivity contribution is -0.139. The van der Waals surface area contributed by atoms with Gasteiger partial charge in [0.15, 0.2) is 0 Å². The van der Waals surface area contributed by atoms with Crippen molar-refractivity contribution in [2.24, 2.45) is 0 Å². The molecule has 1 aromatic rings. The van der Waals surface area contributed by atoms with Crippen molar-refractivity contribution in [3.8, 4) is 0 Å². The number of nitrogens with one attached hydrogen (secondary N) is 1. The highest BCUT2D eigenvalue weighted by molar-refractivity contribution is 6.31. The van der Waals surface area contributed by atoms with E-state index < -0.39 is 0 Å². The molecule has 1 fully saturated rings. The van der Waals surface area contributed by atoms with E-state index in [0.29, 0.717) is 18.1 Å². The monoisotopic (exact) mass is 345 g/mol. The van der Waals surface area contributed by atoms with Crippen LogP contribution in [0.5, 0.6) is 0 Å². The molecule has 2 rings (SSSR count). The molecule has 0 atom stereocenters. The molecule has 7 heteroatoms. The van der Waals surface area contributed by atoms with Crippen molar-refractivity contribution >= 4 is 35.8 Å². The number of likely N-dealkylation sites (N-methyl/N-ethyl adjacent to an activating group) is 1. The average Bonchev–Trinajstić information content (AvgIpc) is 2.50. The van der Waals surface area contributed by atoms with E-state index in [1.807, 2.05) is 18.2 Å². The van der Waals surface area contributed by atoms with Crippen LogP contribution in [0.3, 0.4) is 0 Å². The molecule has 5 nitrogen and oxygen atoms in total. The highest BCUT2D eigenvalue weighted by Crippen LogP contribution is 2.16. The zero-order valence-corrected chi connectivity index (χ0v) is 14.1. The Hall–Kier alpha value is -1.30. The lowest BCUT2D eigenvalue weighted by atomic mass is 10.1. The smallest absolute Gasteiger partial charge is 0.242 e. The first-order chi connectivity index (χ1) is 10.1. The van der Waals surface area contributed by atoms with E-state index >= 15 is 0 Å². The summed E-state index contributed by atoms with van der Waals surface area (Å²) in [5.74, 6) is -0.113. The molecule has 0 bridgehead atoms. The zero-order chi connectivity index (χ0) is 15.2. The quantitative estimate of drug-likeness (QED) is 0.891. The first kappa shape index (κ1) is 18.7. The van der Waals surface area contributed by atoms with E-state index in [2.05, 4.69) is 5.32 Å². The van der Waals surface area contributed by atoms with Gasteiger partial charge in [-0.05, 0) is 11.6 Å². The van der Waals surface area contributed by atoms with Crippen LogP contribution in [0.25, 0.3) is 0 Å². The molecule has 1 aromatic carbocycles. The predicted molar refractivity (Wildman–Crippen MR) is 89.5 cm³/mol. The Labute approximate surface area is 142 Å². The van der Waals surface area contributed by atoms with Gasteiger partial charge in [-0.15, -0.1) is 12.4 Å². The van der Waals surface area contributed by atoms with Crippen LogP contribution in [0.4, 0.5) is 0 Å². The van der Waals surface area contributed by atoms with Gasteiger partial charge >= 0.3 is 0 Å². The second-order valence-corrected chi connectivity index (χ2v) is 5.56. The number of carbonyl (C=O) groups is 2. The van der Waals surface area contributed by atoms with Crippen molar-refractivity contribution in [2.75, 3.05) is 39.8 Å². The van der Waals surface area contributed by atoms with Crippen LogP contribution in [-0.4, -0.2) is 61.4 Å². The van der Waals surface area contributed by atoms with E-state index in [1.165, 1.54) is 4.90 Å². The summed E-state index contributed by atoms with van der Waals surface area (Å²) in [5, 5.41) is 3.77. The SMILES string of the molecule is CN(CC(=O)N1CCNCC1)C(=O)Cc1ccccc1Cl.Cl. The molecular weight excluding hydrogens is 325 g/mol. The Bertz CT molecular complexity index is 519. The molecule has 1 aliphatic heterocycles. The molecule has 0 saturated carbocycles. The van der Waals surface area contributed by atoms with Crippen molar-refractivity contribution in [1.82, 2.24) is 15.1 Å². The molecule has 1 aliphatic rings. The number of nitrogens with zero attached hydrogens (tertiary/aromatic N) is 2. The van der Waals surface area contributed by atoms with Crippen molar-refractivity contribution in [3.05, 3.63) is 34.9 Å². The fraction of sp³-hybridized carbons (Fsp3) is 0.467. The maximum atomic E-state index is 12.2. The first-order valence-corrected chi connectivity index (χ1v) is 7.41. The van der Waals surface area contributed by atoms with Crippen molar-refractivity contribution in [3.63, 3.8) is 0 Å². The summed E-state index contributed by atoms with van der Waals surface area (Å²) in [6, 6.07) is 7.26. The van der Waals surface area contributed by atoms with Crippen molar-refractivity contribution < 1.29 is 9.59 Å². The highest BCUT2D eigenvalue weighted by Gasteiger charge is 2.20. The number of amides is 2. The Morgan fingerprint density at radius 2 is 1.91 bits per heavy atom.